The number of aliphatic carboxylic acids is 1. The third-order valence-corrected chi connectivity index (χ3v) is 3.18. The number of nitro groups is 1. The standard InChI is InChI=1S/C14H19N3O5/c1-14(2,13(19)20)9-15-12(18)8-16(3)10-6-4-5-7-11(10)17(21)22/h4-7H,8-9H2,1-3H3,(H,15,18)(H,19,20). The van der Waals surface area contributed by atoms with Crippen LogP contribution in [0.2, 0.25) is 0 Å². The third kappa shape index (κ3) is 4.44. The fourth-order valence-electron chi connectivity index (χ4n) is 1.69. The van der Waals surface area contributed by atoms with Gasteiger partial charge in [-0.15, -0.1) is 0 Å². The zero-order chi connectivity index (χ0) is 16.9. The van der Waals surface area contributed by atoms with Crippen LogP contribution in [-0.4, -0.2) is 42.0 Å². The van der Waals surface area contributed by atoms with Gasteiger partial charge in [0.2, 0.25) is 5.91 Å². The number of anilines is 1. The fourth-order valence-corrected chi connectivity index (χ4v) is 1.69. The molecule has 0 aliphatic heterocycles. The second-order valence-electron chi connectivity index (χ2n) is 5.57. The van der Waals surface area contributed by atoms with E-state index in [1.807, 2.05) is 0 Å². The average Bonchev–Trinajstić information content (AvgIpc) is 2.45. The van der Waals surface area contributed by atoms with Crippen molar-refractivity contribution in [2.45, 2.75) is 13.8 Å². The monoisotopic (exact) mass is 309 g/mol. The van der Waals surface area contributed by atoms with Gasteiger partial charge < -0.3 is 15.3 Å². The minimum atomic E-state index is -1.08. The number of para-hydroxylation sites is 2. The number of nitrogens with zero attached hydrogens (tertiary/aromatic N) is 2. The van der Waals surface area contributed by atoms with Crippen molar-refractivity contribution in [3.05, 3.63) is 34.4 Å². The molecule has 0 saturated heterocycles. The number of hydrogen-bond donors (Lipinski definition) is 2. The van der Waals surface area contributed by atoms with Crippen molar-refractivity contribution in [2.75, 3.05) is 25.0 Å². The van der Waals surface area contributed by atoms with Crippen LogP contribution in [0.3, 0.4) is 0 Å². The zero-order valence-electron chi connectivity index (χ0n) is 12.7. The molecule has 0 atom stereocenters. The number of carboxylic acid groups (broad SMARTS) is 1. The highest BCUT2D eigenvalue weighted by Gasteiger charge is 2.27. The molecule has 0 radical (unpaired) electrons. The Morgan fingerprint density at radius 1 is 1.36 bits per heavy atom. The number of carboxylic acids is 1. The predicted molar refractivity (Wildman–Crippen MR) is 80.8 cm³/mol. The molecule has 0 fully saturated rings. The Kier molecular flexibility index (Phi) is 5.44. The summed E-state index contributed by atoms with van der Waals surface area (Å²) in [6, 6.07) is 6.10. The van der Waals surface area contributed by atoms with Gasteiger partial charge in [0.15, 0.2) is 0 Å². The Balaban J connectivity index is 2.69. The first kappa shape index (κ1) is 17.4. The predicted octanol–water partition coefficient (Wildman–Crippen LogP) is 1.26. The van der Waals surface area contributed by atoms with E-state index in [9.17, 15) is 19.7 Å². The smallest absolute Gasteiger partial charge is 0.310 e. The van der Waals surface area contributed by atoms with Crippen molar-refractivity contribution in [3.8, 4) is 0 Å². The Labute approximate surface area is 127 Å². The first-order valence-electron chi connectivity index (χ1n) is 6.60. The van der Waals surface area contributed by atoms with Gasteiger partial charge >= 0.3 is 5.97 Å². The molecule has 0 aliphatic rings. The van der Waals surface area contributed by atoms with Crippen molar-refractivity contribution < 1.29 is 19.6 Å². The first-order chi connectivity index (χ1) is 10.1. The summed E-state index contributed by atoms with van der Waals surface area (Å²) in [6.45, 7) is 2.87. The lowest BCUT2D eigenvalue weighted by Gasteiger charge is -2.22. The number of nitrogens with one attached hydrogen (secondary N) is 1. The van der Waals surface area contributed by atoms with Gasteiger partial charge in [-0.2, -0.15) is 0 Å². The fraction of sp³-hybridized carbons (Fsp3) is 0.429. The van der Waals surface area contributed by atoms with Gasteiger partial charge in [0, 0.05) is 19.7 Å². The van der Waals surface area contributed by atoms with E-state index in [1.165, 1.54) is 24.8 Å². The maximum atomic E-state index is 11.9. The molecule has 0 aromatic heterocycles. The summed E-state index contributed by atoms with van der Waals surface area (Å²) in [5.41, 5.74) is -0.851. The second-order valence-corrected chi connectivity index (χ2v) is 5.57. The number of likely N-dealkylation sites (N-methyl/N-ethyl adjacent to an activating group) is 1. The number of amides is 1. The summed E-state index contributed by atoms with van der Waals surface area (Å²) in [5, 5.41) is 22.5. The molecule has 8 nitrogen and oxygen atoms in total. The van der Waals surface area contributed by atoms with Crippen molar-refractivity contribution in [1.82, 2.24) is 5.32 Å². The van der Waals surface area contributed by atoms with E-state index in [4.69, 9.17) is 5.11 Å². The van der Waals surface area contributed by atoms with Gasteiger partial charge in [-0.25, -0.2) is 0 Å². The number of hydrogen-bond acceptors (Lipinski definition) is 5. The van der Waals surface area contributed by atoms with Gasteiger partial charge in [0.1, 0.15) is 5.69 Å². The highest BCUT2D eigenvalue weighted by molar-refractivity contribution is 5.83. The Hall–Kier alpha value is -2.64. The molecule has 0 unspecified atom stereocenters. The van der Waals surface area contributed by atoms with Crippen LogP contribution in [0.15, 0.2) is 24.3 Å². The largest absolute Gasteiger partial charge is 0.481 e. The van der Waals surface area contributed by atoms with Crippen molar-refractivity contribution in [1.29, 1.82) is 0 Å². The molecule has 1 rings (SSSR count). The Morgan fingerprint density at radius 3 is 2.50 bits per heavy atom. The van der Waals surface area contributed by atoms with E-state index in [1.54, 1.807) is 25.2 Å². The van der Waals surface area contributed by atoms with Crippen LogP contribution in [0.4, 0.5) is 11.4 Å². The number of rotatable bonds is 7. The quantitative estimate of drug-likeness (QED) is 0.579. The molecular formula is C14H19N3O5. The number of benzene rings is 1. The summed E-state index contributed by atoms with van der Waals surface area (Å²) >= 11 is 0. The van der Waals surface area contributed by atoms with Crippen LogP contribution < -0.4 is 10.2 Å². The molecule has 1 aromatic carbocycles. The number of carbonyl (C=O) groups excluding carboxylic acids is 1. The minimum absolute atomic E-state index is 0.0219. The maximum absolute atomic E-state index is 11.9. The molecule has 0 heterocycles. The average molecular weight is 309 g/mol. The van der Waals surface area contributed by atoms with Gasteiger partial charge in [-0.3, -0.25) is 19.7 Å². The molecule has 0 bridgehead atoms. The first-order valence-corrected chi connectivity index (χ1v) is 6.60. The SMILES string of the molecule is CN(CC(=O)NCC(C)(C)C(=O)O)c1ccccc1[N+](=O)[O-]. The van der Waals surface area contributed by atoms with E-state index < -0.39 is 22.2 Å². The van der Waals surface area contributed by atoms with Gasteiger partial charge in [-0.1, -0.05) is 12.1 Å². The van der Waals surface area contributed by atoms with Crippen LogP contribution in [0, 0.1) is 15.5 Å². The normalized spacial score (nSPS) is 10.9. The van der Waals surface area contributed by atoms with Gasteiger partial charge in [0.25, 0.3) is 5.69 Å². The van der Waals surface area contributed by atoms with Crippen LogP contribution in [0.1, 0.15) is 13.8 Å². The second kappa shape index (κ2) is 6.88. The molecule has 0 spiro atoms. The van der Waals surface area contributed by atoms with E-state index in [2.05, 4.69) is 5.32 Å². The van der Waals surface area contributed by atoms with E-state index in [-0.39, 0.29) is 18.8 Å². The lowest BCUT2D eigenvalue weighted by Crippen LogP contribution is -2.42. The van der Waals surface area contributed by atoms with Crippen LogP contribution >= 0.6 is 0 Å². The minimum Gasteiger partial charge on any atom is -0.481 e. The van der Waals surface area contributed by atoms with Crippen LogP contribution in [-0.2, 0) is 9.59 Å². The summed E-state index contributed by atoms with van der Waals surface area (Å²) in [7, 11) is 1.56. The highest BCUT2D eigenvalue weighted by Crippen LogP contribution is 2.26. The zero-order valence-corrected chi connectivity index (χ0v) is 12.7. The Bertz CT molecular complexity index is 586. The molecule has 22 heavy (non-hydrogen) atoms. The lowest BCUT2D eigenvalue weighted by atomic mass is 9.94. The number of nitro benzene ring substituents is 1. The van der Waals surface area contributed by atoms with Crippen molar-refractivity contribution in [3.63, 3.8) is 0 Å². The van der Waals surface area contributed by atoms with E-state index in [0.29, 0.717) is 5.69 Å². The maximum Gasteiger partial charge on any atom is 0.310 e. The van der Waals surface area contributed by atoms with Gasteiger partial charge in [0.05, 0.1) is 16.9 Å². The topological polar surface area (TPSA) is 113 Å². The third-order valence-electron chi connectivity index (χ3n) is 3.18. The van der Waals surface area contributed by atoms with Crippen LogP contribution in [0.5, 0.6) is 0 Å². The molecule has 1 amide bonds. The lowest BCUT2D eigenvalue weighted by molar-refractivity contribution is -0.384. The molecule has 8 heteroatoms. The Morgan fingerprint density at radius 2 is 1.95 bits per heavy atom. The van der Waals surface area contributed by atoms with E-state index >= 15 is 0 Å². The molecule has 0 saturated carbocycles. The number of carbonyl (C=O) groups is 2. The molecule has 2 N–H and O–H groups in total. The summed E-state index contributed by atoms with van der Waals surface area (Å²) < 4.78 is 0. The molecule has 0 aliphatic carbocycles. The van der Waals surface area contributed by atoms with Crippen molar-refractivity contribution >= 4 is 23.3 Å². The van der Waals surface area contributed by atoms with E-state index in [0.717, 1.165) is 0 Å². The molecule has 1 aromatic rings. The highest BCUT2D eigenvalue weighted by atomic mass is 16.6. The summed E-state index contributed by atoms with van der Waals surface area (Å²) in [4.78, 5) is 34.7. The summed E-state index contributed by atoms with van der Waals surface area (Å²) in [6.07, 6.45) is 0. The molecule has 120 valence electrons. The van der Waals surface area contributed by atoms with Gasteiger partial charge in [-0.05, 0) is 19.9 Å². The van der Waals surface area contributed by atoms with Crippen LogP contribution in [0.25, 0.3) is 0 Å². The molecular weight excluding hydrogens is 290 g/mol. The summed E-state index contributed by atoms with van der Waals surface area (Å²) in [5.74, 6) is -1.42. The van der Waals surface area contributed by atoms with Crippen molar-refractivity contribution in [2.24, 2.45) is 5.41 Å².